The average Bonchev–Trinajstić information content (AvgIpc) is 2.49. The second-order valence-corrected chi connectivity index (χ2v) is 4.36. The van der Waals surface area contributed by atoms with Crippen LogP contribution in [-0.2, 0) is 9.53 Å². The first-order valence-corrected chi connectivity index (χ1v) is 6.64. The van der Waals surface area contributed by atoms with Crippen molar-refractivity contribution in [3.05, 3.63) is 42.0 Å². The monoisotopic (exact) mass is 272 g/mol. The van der Waals surface area contributed by atoms with Gasteiger partial charge in [0.2, 0.25) is 5.91 Å². The Morgan fingerprint density at radius 2 is 2.15 bits per heavy atom. The van der Waals surface area contributed by atoms with Crippen molar-refractivity contribution < 1.29 is 9.53 Å². The molecule has 0 heterocycles. The maximum absolute atomic E-state index is 11.6. The van der Waals surface area contributed by atoms with Gasteiger partial charge in [0.25, 0.3) is 0 Å². The summed E-state index contributed by atoms with van der Waals surface area (Å²) < 4.78 is 5.38. The standard InChI is InChI=1S/C16H20N2O2/c1-18(12-6-11-17)16(19)10-14-20-13-5-9-15-7-3-2-4-8-15/h2-5,7-9H,6,10,12-14H2,1H3/b9-5+. The molecule has 0 atom stereocenters. The predicted molar refractivity (Wildman–Crippen MR) is 78.8 cm³/mol. The molecule has 20 heavy (non-hydrogen) atoms. The van der Waals surface area contributed by atoms with Crippen molar-refractivity contribution in [2.45, 2.75) is 12.8 Å². The Labute approximate surface area is 120 Å². The van der Waals surface area contributed by atoms with E-state index in [4.69, 9.17) is 10.00 Å². The normalized spacial score (nSPS) is 10.4. The minimum Gasteiger partial charge on any atom is -0.377 e. The van der Waals surface area contributed by atoms with Gasteiger partial charge in [-0.25, -0.2) is 0 Å². The lowest BCUT2D eigenvalue weighted by Crippen LogP contribution is -2.28. The first-order chi connectivity index (χ1) is 9.74. The van der Waals surface area contributed by atoms with E-state index in [1.54, 1.807) is 11.9 Å². The molecule has 4 nitrogen and oxygen atoms in total. The smallest absolute Gasteiger partial charge is 0.224 e. The molecule has 0 N–H and O–H groups in total. The van der Waals surface area contributed by atoms with Crippen LogP contribution in [0, 0.1) is 11.3 Å². The Kier molecular flexibility index (Phi) is 7.78. The van der Waals surface area contributed by atoms with E-state index < -0.39 is 0 Å². The molecule has 0 unspecified atom stereocenters. The molecule has 0 aliphatic heterocycles. The third-order valence-corrected chi connectivity index (χ3v) is 2.77. The number of nitrogens with zero attached hydrogens (tertiary/aromatic N) is 2. The molecular formula is C16H20N2O2. The third-order valence-electron chi connectivity index (χ3n) is 2.77. The maximum Gasteiger partial charge on any atom is 0.224 e. The largest absolute Gasteiger partial charge is 0.377 e. The molecule has 1 amide bonds. The number of benzene rings is 1. The van der Waals surface area contributed by atoms with Gasteiger partial charge in [-0.2, -0.15) is 5.26 Å². The highest BCUT2D eigenvalue weighted by molar-refractivity contribution is 5.75. The molecular weight excluding hydrogens is 252 g/mol. The number of carbonyl (C=O) groups excluding carboxylic acids is 1. The van der Waals surface area contributed by atoms with E-state index in [-0.39, 0.29) is 5.91 Å². The van der Waals surface area contributed by atoms with Crippen LogP contribution in [0.2, 0.25) is 0 Å². The van der Waals surface area contributed by atoms with Gasteiger partial charge in [-0.15, -0.1) is 0 Å². The summed E-state index contributed by atoms with van der Waals surface area (Å²) >= 11 is 0. The van der Waals surface area contributed by atoms with Crippen molar-refractivity contribution in [2.75, 3.05) is 26.8 Å². The zero-order valence-corrected chi connectivity index (χ0v) is 11.8. The zero-order valence-electron chi connectivity index (χ0n) is 11.8. The molecule has 106 valence electrons. The van der Waals surface area contributed by atoms with Crippen LogP contribution in [0.15, 0.2) is 36.4 Å². The van der Waals surface area contributed by atoms with E-state index in [1.165, 1.54) is 0 Å². The summed E-state index contributed by atoms with van der Waals surface area (Å²) in [4.78, 5) is 13.2. The highest BCUT2D eigenvalue weighted by atomic mass is 16.5. The van der Waals surface area contributed by atoms with E-state index >= 15 is 0 Å². The molecule has 0 aliphatic rings. The van der Waals surface area contributed by atoms with Gasteiger partial charge in [0, 0.05) is 13.6 Å². The van der Waals surface area contributed by atoms with Crippen molar-refractivity contribution >= 4 is 12.0 Å². The molecule has 0 fully saturated rings. The molecule has 0 saturated heterocycles. The lowest BCUT2D eigenvalue weighted by atomic mass is 10.2. The molecule has 1 rings (SSSR count). The van der Waals surface area contributed by atoms with Gasteiger partial charge in [0.05, 0.1) is 32.1 Å². The van der Waals surface area contributed by atoms with Crippen molar-refractivity contribution in [3.63, 3.8) is 0 Å². The fraction of sp³-hybridized carbons (Fsp3) is 0.375. The number of carbonyl (C=O) groups is 1. The van der Waals surface area contributed by atoms with Crippen LogP contribution in [0.3, 0.4) is 0 Å². The zero-order chi connectivity index (χ0) is 14.6. The number of rotatable bonds is 8. The van der Waals surface area contributed by atoms with Crippen LogP contribution in [-0.4, -0.2) is 37.6 Å². The van der Waals surface area contributed by atoms with Gasteiger partial charge in [0.1, 0.15) is 0 Å². The molecule has 0 bridgehead atoms. The highest BCUT2D eigenvalue weighted by Crippen LogP contribution is 2.00. The fourth-order valence-electron chi connectivity index (χ4n) is 1.59. The summed E-state index contributed by atoms with van der Waals surface area (Å²) in [5.74, 6) is 0.00675. The van der Waals surface area contributed by atoms with Crippen molar-refractivity contribution in [1.29, 1.82) is 5.26 Å². The van der Waals surface area contributed by atoms with E-state index in [9.17, 15) is 4.79 Å². The summed E-state index contributed by atoms with van der Waals surface area (Å²) in [6, 6.07) is 12.0. The van der Waals surface area contributed by atoms with Crippen LogP contribution in [0.4, 0.5) is 0 Å². The Bertz CT molecular complexity index is 463. The number of amides is 1. The van der Waals surface area contributed by atoms with Crippen molar-refractivity contribution in [2.24, 2.45) is 0 Å². The first-order valence-electron chi connectivity index (χ1n) is 6.64. The summed E-state index contributed by atoms with van der Waals surface area (Å²) in [6.07, 6.45) is 4.63. The lowest BCUT2D eigenvalue weighted by Gasteiger charge is -2.14. The van der Waals surface area contributed by atoms with E-state index in [2.05, 4.69) is 0 Å². The Morgan fingerprint density at radius 1 is 1.40 bits per heavy atom. The molecule has 0 radical (unpaired) electrons. The quantitative estimate of drug-likeness (QED) is 0.683. The Hall–Kier alpha value is -2.12. The number of hydrogen-bond acceptors (Lipinski definition) is 3. The molecule has 0 spiro atoms. The van der Waals surface area contributed by atoms with E-state index in [0.717, 1.165) is 5.56 Å². The Morgan fingerprint density at radius 3 is 2.85 bits per heavy atom. The number of nitriles is 1. The number of hydrogen-bond donors (Lipinski definition) is 0. The molecule has 4 heteroatoms. The maximum atomic E-state index is 11.6. The summed E-state index contributed by atoms with van der Waals surface area (Å²) in [7, 11) is 1.70. The predicted octanol–water partition coefficient (Wildman–Crippen LogP) is 2.48. The van der Waals surface area contributed by atoms with Crippen LogP contribution in [0.25, 0.3) is 6.08 Å². The molecule has 1 aromatic rings. The minimum absolute atomic E-state index is 0.00675. The SMILES string of the molecule is CN(CCC#N)C(=O)CCOC/C=C/c1ccccc1. The second kappa shape index (κ2) is 9.76. The van der Waals surface area contributed by atoms with Crippen LogP contribution < -0.4 is 0 Å². The van der Waals surface area contributed by atoms with Crippen molar-refractivity contribution in [3.8, 4) is 6.07 Å². The van der Waals surface area contributed by atoms with Crippen LogP contribution in [0.5, 0.6) is 0 Å². The average molecular weight is 272 g/mol. The second-order valence-electron chi connectivity index (χ2n) is 4.36. The van der Waals surface area contributed by atoms with Crippen molar-refractivity contribution in [1.82, 2.24) is 4.90 Å². The van der Waals surface area contributed by atoms with E-state index in [1.807, 2.05) is 48.6 Å². The summed E-state index contributed by atoms with van der Waals surface area (Å²) in [6.45, 7) is 1.36. The number of ether oxygens (including phenoxy) is 1. The molecule has 0 saturated carbocycles. The van der Waals surface area contributed by atoms with Gasteiger partial charge in [0.15, 0.2) is 0 Å². The topological polar surface area (TPSA) is 53.3 Å². The molecule has 0 aromatic heterocycles. The molecule has 0 aliphatic carbocycles. The van der Waals surface area contributed by atoms with Gasteiger partial charge < -0.3 is 9.64 Å². The molecule has 1 aromatic carbocycles. The first kappa shape index (κ1) is 15.9. The lowest BCUT2D eigenvalue weighted by molar-refractivity contribution is -0.130. The highest BCUT2D eigenvalue weighted by Gasteiger charge is 2.07. The van der Waals surface area contributed by atoms with Crippen LogP contribution in [0.1, 0.15) is 18.4 Å². The van der Waals surface area contributed by atoms with E-state index in [0.29, 0.717) is 32.6 Å². The Balaban J connectivity index is 2.11. The minimum atomic E-state index is 0.00675. The summed E-state index contributed by atoms with van der Waals surface area (Å²) in [5.41, 5.74) is 1.13. The van der Waals surface area contributed by atoms with Gasteiger partial charge in [-0.05, 0) is 5.56 Å². The fourth-order valence-corrected chi connectivity index (χ4v) is 1.59. The van der Waals surface area contributed by atoms with Crippen LogP contribution >= 0.6 is 0 Å². The summed E-state index contributed by atoms with van der Waals surface area (Å²) in [5, 5.41) is 8.44. The third kappa shape index (κ3) is 6.72. The van der Waals surface area contributed by atoms with Gasteiger partial charge >= 0.3 is 0 Å². The van der Waals surface area contributed by atoms with Gasteiger partial charge in [-0.3, -0.25) is 4.79 Å². The van der Waals surface area contributed by atoms with Gasteiger partial charge in [-0.1, -0.05) is 42.5 Å².